The fourth-order valence-corrected chi connectivity index (χ4v) is 1.48. The molecule has 3 N–H and O–H groups in total. The van der Waals surface area contributed by atoms with E-state index < -0.39 is 18.0 Å². The Morgan fingerprint density at radius 2 is 2.17 bits per heavy atom. The lowest BCUT2D eigenvalue weighted by Crippen LogP contribution is -2.46. The second-order valence-corrected chi connectivity index (χ2v) is 3.94. The van der Waals surface area contributed by atoms with Gasteiger partial charge < -0.3 is 20.3 Å². The number of rotatable bonds is 5. The van der Waals surface area contributed by atoms with Gasteiger partial charge in [0.25, 0.3) is 0 Å². The summed E-state index contributed by atoms with van der Waals surface area (Å²) in [5.41, 5.74) is 0. The first-order chi connectivity index (χ1) is 8.45. The Balaban J connectivity index is 2.55. The number of amides is 2. The Labute approximate surface area is 104 Å². The molecule has 0 spiro atoms. The third-order valence-corrected chi connectivity index (χ3v) is 2.49. The van der Waals surface area contributed by atoms with Gasteiger partial charge in [0.1, 0.15) is 12.4 Å². The van der Waals surface area contributed by atoms with E-state index >= 15 is 0 Å². The number of nitrogens with one attached hydrogen (secondary N) is 2. The van der Waals surface area contributed by atoms with Crippen molar-refractivity contribution in [1.82, 2.24) is 25.4 Å². The number of carboxylic acids is 1. The number of carboxylic acid groups (broad SMARTS) is 1. The van der Waals surface area contributed by atoms with Crippen LogP contribution in [0.2, 0.25) is 0 Å². The highest BCUT2D eigenvalue weighted by Gasteiger charge is 2.20. The summed E-state index contributed by atoms with van der Waals surface area (Å²) in [5, 5.41) is 21.4. The van der Waals surface area contributed by atoms with Crippen LogP contribution in [0.4, 0.5) is 4.79 Å². The molecule has 1 heterocycles. The molecular formula is C10H17N5O3. The lowest BCUT2D eigenvalue weighted by molar-refractivity contribution is -0.139. The third kappa shape index (κ3) is 3.44. The summed E-state index contributed by atoms with van der Waals surface area (Å²) in [6.45, 7) is 3.43. The van der Waals surface area contributed by atoms with Gasteiger partial charge in [-0.05, 0) is 13.3 Å². The van der Waals surface area contributed by atoms with Crippen LogP contribution in [0.1, 0.15) is 32.1 Å². The molecule has 0 aliphatic carbocycles. The minimum Gasteiger partial charge on any atom is -0.480 e. The van der Waals surface area contributed by atoms with E-state index in [1.807, 2.05) is 0 Å². The fourth-order valence-electron chi connectivity index (χ4n) is 1.48. The Morgan fingerprint density at radius 1 is 1.50 bits per heavy atom. The number of hydrogen-bond donors (Lipinski definition) is 3. The lowest BCUT2D eigenvalue weighted by Gasteiger charge is -2.16. The first kappa shape index (κ1) is 13.9. The van der Waals surface area contributed by atoms with Crippen LogP contribution in [-0.2, 0) is 11.8 Å². The van der Waals surface area contributed by atoms with Gasteiger partial charge in [-0.1, -0.05) is 6.92 Å². The van der Waals surface area contributed by atoms with Gasteiger partial charge in [-0.15, -0.1) is 10.2 Å². The van der Waals surface area contributed by atoms with Crippen molar-refractivity contribution >= 4 is 12.0 Å². The minimum atomic E-state index is -1.06. The minimum absolute atomic E-state index is 0.321. The monoisotopic (exact) mass is 255 g/mol. The molecule has 0 radical (unpaired) electrons. The van der Waals surface area contributed by atoms with Crippen molar-refractivity contribution in [3.8, 4) is 0 Å². The van der Waals surface area contributed by atoms with Crippen molar-refractivity contribution < 1.29 is 14.7 Å². The Bertz CT molecular complexity index is 431. The molecule has 100 valence electrons. The summed E-state index contributed by atoms with van der Waals surface area (Å²) in [5.74, 6) is -0.465. The number of carbonyl (C=O) groups excluding carboxylic acids is 1. The van der Waals surface area contributed by atoms with E-state index in [9.17, 15) is 9.59 Å². The van der Waals surface area contributed by atoms with Gasteiger partial charge in [-0.25, -0.2) is 9.59 Å². The van der Waals surface area contributed by atoms with Crippen LogP contribution in [0.15, 0.2) is 6.33 Å². The number of carbonyl (C=O) groups is 2. The molecule has 0 aromatic carbocycles. The highest BCUT2D eigenvalue weighted by Crippen LogP contribution is 2.06. The smallest absolute Gasteiger partial charge is 0.326 e. The maximum absolute atomic E-state index is 11.6. The number of nitrogens with zero attached hydrogens (tertiary/aromatic N) is 3. The second-order valence-electron chi connectivity index (χ2n) is 3.94. The highest BCUT2D eigenvalue weighted by atomic mass is 16.4. The first-order valence-corrected chi connectivity index (χ1v) is 5.59. The Hall–Kier alpha value is -2.12. The van der Waals surface area contributed by atoms with Crippen LogP contribution < -0.4 is 10.6 Å². The van der Waals surface area contributed by atoms with E-state index in [0.717, 1.165) is 0 Å². The molecule has 0 fully saturated rings. The molecule has 0 aliphatic rings. The van der Waals surface area contributed by atoms with Crippen LogP contribution in [0.5, 0.6) is 0 Å². The number of aliphatic carboxylic acids is 1. The summed E-state index contributed by atoms with van der Waals surface area (Å²) in [7, 11) is 1.76. The van der Waals surface area contributed by atoms with Crippen molar-refractivity contribution in [2.45, 2.75) is 32.4 Å². The van der Waals surface area contributed by atoms with Gasteiger partial charge in [-0.2, -0.15) is 0 Å². The molecule has 0 saturated heterocycles. The van der Waals surface area contributed by atoms with Gasteiger partial charge in [-0.3, -0.25) is 0 Å². The van der Waals surface area contributed by atoms with Crippen molar-refractivity contribution in [3.63, 3.8) is 0 Å². The van der Waals surface area contributed by atoms with Gasteiger partial charge >= 0.3 is 12.0 Å². The van der Waals surface area contributed by atoms with E-state index in [0.29, 0.717) is 12.2 Å². The van der Waals surface area contributed by atoms with Gasteiger partial charge in [0.2, 0.25) is 0 Å². The van der Waals surface area contributed by atoms with Crippen LogP contribution in [0.25, 0.3) is 0 Å². The molecular weight excluding hydrogens is 238 g/mol. The molecule has 1 rings (SSSR count). The van der Waals surface area contributed by atoms with E-state index in [4.69, 9.17) is 5.11 Å². The SMILES string of the molecule is CC[C@H](NC(=O)NC(C)c1nncn1C)C(=O)O. The number of aromatic nitrogens is 3. The molecule has 1 aromatic rings. The molecule has 8 heteroatoms. The lowest BCUT2D eigenvalue weighted by atomic mass is 10.2. The molecule has 0 aliphatic heterocycles. The number of hydrogen-bond acceptors (Lipinski definition) is 4. The maximum Gasteiger partial charge on any atom is 0.326 e. The predicted molar refractivity (Wildman–Crippen MR) is 62.8 cm³/mol. The van der Waals surface area contributed by atoms with E-state index in [2.05, 4.69) is 20.8 Å². The molecule has 0 bridgehead atoms. The summed E-state index contributed by atoms with van der Waals surface area (Å²) in [6.07, 6.45) is 1.85. The van der Waals surface area contributed by atoms with E-state index in [1.54, 1.807) is 25.5 Å². The van der Waals surface area contributed by atoms with Crippen molar-refractivity contribution in [1.29, 1.82) is 0 Å². The van der Waals surface area contributed by atoms with Gasteiger partial charge in [0, 0.05) is 7.05 Å². The van der Waals surface area contributed by atoms with Gasteiger partial charge in [0.15, 0.2) is 5.82 Å². The van der Waals surface area contributed by atoms with E-state index in [-0.39, 0.29) is 6.04 Å². The summed E-state index contributed by atoms with van der Waals surface area (Å²) in [6, 6.07) is -1.79. The van der Waals surface area contributed by atoms with Crippen LogP contribution in [0.3, 0.4) is 0 Å². The number of urea groups is 1. The van der Waals surface area contributed by atoms with Crippen LogP contribution >= 0.6 is 0 Å². The normalized spacial score (nSPS) is 13.7. The third-order valence-electron chi connectivity index (χ3n) is 2.49. The second kappa shape index (κ2) is 5.99. The molecule has 18 heavy (non-hydrogen) atoms. The first-order valence-electron chi connectivity index (χ1n) is 5.59. The number of aryl methyl sites for hydroxylation is 1. The fraction of sp³-hybridized carbons (Fsp3) is 0.600. The van der Waals surface area contributed by atoms with Crippen LogP contribution in [0, 0.1) is 0 Å². The molecule has 2 atom stereocenters. The van der Waals surface area contributed by atoms with Crippen molar-refractivity contribution in [3.05, 3.63) is 12.2 Å². The van der Waals surface area contributed by atoms with Gasteiger partial charge in [0.05, 0.1) is 6.04 Å². The zero-order chi connectivity index (χ0) is 13.7. The van der Waals surface area contributed by atoms with Crippen LogP contribution in [-0.4, -0.2) is 37.9 Å². The summed E-state index contributed by atoms with van der Waals surface area (Å²) >= 11 is 0. The maximum atomic E-state index is 11.6. The molecule has 1 aromatic heterocycles. The average molecular weight is 255 g/mol. The Morgan fingerprint density at radius 3 is 2.61 bits per heavy atom. The zero-order valence-electron chi connectivity index (χ0n) is 10.5. The average Bonchev–Trinajstić information content (AvgIpc) is 2.71. The van der Waals surface area contributed by atoms with E-state index in [1.165, 1.54) is 6.33 Å². The molecule has 8 nitrogen and oxygen atoms in total. The topological polar surface area (TPSA) is 109 Å². The highest BCUT2D eigenvalue weighted by molar-refractivity contribution is 5.82. The summed E-state index contributed by atoms with van der Waals surface area (Å²) in [4.78, 5) is 22.4. The zero-order valence-corrected chi connectivity index (χ0v) is 10.5. The predicted octanol–water partition coefficient (Wildman–Crippen LogP) is 0.0385. The van der Waals surface area contributed by atoms with Crippen molar-refractivity contribution in [2.75, 3.05) is 0 Å². The Kier molecular flexibility index (Phi) is 4.64. The molecule has 0 saturated carbocycles. The quantitative estimate of drug-likeness (QED) is 0.688. The standard InChI is InChI=1S/C10H17N5O3/c1-4-7(9(16)17)13-10(18)12-6(2)8-14-11-5-15(8)3/h5-7H,4H2,1-3H3,(H,16,17)(H2,12,13,18)/t6?,7-/m0/s1. The summed E-state index contributed by atoms with van der Waals surface area (Å²) < 4.78 is 1.68. The largest absolute Gasteiger partial charge is 0.480 e. The van der Waals surface area contributed by atoms with Crippen molar-refractivity contribution in [2.24, 2.45) is 7.05 Å². The molecule has 2 amide bonds. The molecule has 1 unspecified atom stereocenters.